The number of allylic oxidation sites excluding steroid dienone is 3. The second-order valence-electron chi connectivity index (χ2n) is 11.0. The molecule has 0 saturated heterocycles. The van der Waals surface area contributed by atoms with Gasteiger partial charge in [-0.3, -0.25) is 9.82 Å². The van der Waals surface area contributed by atoms with Gasteiger partial charge in [0.25, 0.3) is 0 Å². The molecule has 3 heterocycles. The van der Waals surface area contributed by atoms with Crippen molar-refractivity contribution < 1.29 is 4.39 Å². The van der Waals surface area contributed by atoms with Crippen molar-refractivity contribution in [1.29, 1.82) is 0 Å². The zero-order chi connectivity index (χ0) is 30.0. The van der Waals surface area contributed by atoms with Gasteiger partial charge in [-0.25, -0.2) is 9.37 Å². The van der Waals surface area contributed by atoms with Crippen LogP contribution in [-0.2, 0) is 6.54 Å². The largest absolute Gasteiger partial charge is 0.353 e. The molecule has 0 saturated carbocycles. The van der Waals surface area contributed by atoms with Crippen molar-refractivity contribution in [3.8, 4) is 22.5 Å². The molecule has 0 amide bonds. The Labute approximate surface area is 247 Å². The minimum absolute atomic E-state index is 0.279. The van der Waals surface area contributed by atoms with Crippen LogP contribution in [0.2, 0.25) is 0 Å². The molecule has 216 valence electrons. The van der Waals surface area contributed by atoms with Gasteiger partial charge in [0, 0.05) is 41.1 Å². The first kappa shape index (κ1) is 29.3. The molecule has 5 aromatic rings. The lowest BCUT2D eigenvalue weighted by Crippen LogP contribution is -2.14. The smallest absolute Gasteiger partial charge is 0.181 e. The molecule has 0 unspecified atom stereocenters. The fraction of sp³-hybridized carbons (Fsp3) is 0.176. The third-order valence-corrected chi connectivity index (χ3v) is 7.82. The number of rotatable bonds is 10. The Morgan fingerprint density at radius 3 is 2.64 bits per heavy atom. The Balaban J connectivity index is 1.56. The molecule has 42 heavy (non-hydrogen) atoms. The highest BCUT2D eigenvalue weighted by atomic mass is 32.2. The standard InChI is InChI=1S/C34H37FN6S/c1-8-22(21-41(3)4)13-24(9-2)26-17-30-33(39-40-34(30)36-20-26)32-18-29-28(11-10-12-31(29)38-32)25-14-23(15-27(35)16-25)19-37-42(5,6)7/h8-18,20,37-38H,1,5-6,19,21H2,2-4,7H3,(H,36,39,40)/b22-13+,24-9+. The van der Waals surface area contributed by atoms with Gasteiger partial charge in [0.1, 0.15) is 5.82 Å². The summed E-state index contributed by atoms with van der Waals surface area (Å²) in [5.74, 6) is 7.85. The van der Waals surface area contributed by atoms with E-state index in [1.54, 1.807) is 12.1 Å². The lowest BCUT2D eigenvalue weighted by atomic mass is 9.99. The fourth-order valence-corrected chi connectivity index (χ4v) is 5.55. The maximum atomic E-state index is 14.7. The number of hydrogen-bond donors (Lipinski definition) is 3. The Kier molecular flexibility index (Phi) is 8.31. The molecule has 0 spiro atoms. The highest BCUT2D eigenvalue weighted by Crippen LogP contribution is 2.35. The number of fused-ring (bicyclic) bond motifs is 2. The van der Waals surface area contributed by atoms with Gasteiger partial charge in [0.05, 0.1) is 11.4 Å². The summed E-state index contributed by atoms with van der Waals surface area (Å²) in [6.45, 7) is 7.30. The Bertz CT molecular complexity index is 1960. The Morgan fingerprint density at radius 2 is 1.93 bits per heavy atom. The highest BCUT2D eigenvalue weighted by Gasteiger charge is 2.16. The van der Waals surface area contributed by atoms with Crippen LogP contribution in [-0.4, -0.2) is 63.7 Å². The number of aromatic nitrogens is 4. The molecular formula is C34H37FN6S. The fourth-order valence-electron chi connectivity index (χ4n) is 5.04. The van der Waals surface area contributed by atoms with Crippen molar-refractivity contribution in [2.45, 2.75) is 13.5 Å². The van der Waals surface area contributed by atoms with E-state index in [0.29, 0.717) is 12.2 Å². The van der Waals surface area contributed by atoms with Crippen LogP contribution < -0.4 is 4.72 Å². The highest BCUT2D eigenvalue weighted by molar-refractivity contribution is 8.25. The van der Waals surface area contributed by atoms with E-state index in [0.717, 1.165) is 67.6 Å². The topological polar surface area (TPSA) is 72.6 Å². The number of hydrogen-bond acceptors (Lipinski definition) is 4. The number of H-pyrrole nitrogens is 2. The number of benzene rings is 2. The van der Waals surface area contributed by atoms with Crippen LogP contribution in [0.4, 0.5) is 4.39 Å². The van der Waals surface area contributed by atoms with Gasteiger partial charge in [-0.2, -0.15) is 14.5 Å². The lowest BCUT2D eigenvalue weighted by molar-refractivity contribution is 0.449. The third-order valence-electron chi connectivity index (χ3n) is 6.98. The third kappa shape index (κ3) is 6.46. The average Bonchev–Trinajstić information content (AvgIpc) is 3.57. The summed E-state index contributed by atoms with van der Waals surface area (Å²) in [7, 11) is 2.66. The van der Waals surface area contributed by atoms with E-state index in [2.05, 4.69) is 72.4 Å². The number of nitrogens with one attached hydrogen (secondary N) is 3. The first-order valence-electron chi connectivity index (χ1n) is 13.6. The first-order valence-corrected chi connectivity index (χ1v) is 16.0. The van der Waals surface area contributed by atoms with E-state index in [4.69, 9.17) is 0 Å². The number of halogens is 1. The van der Waals surface area contributed by atoms with E-state index in [-0.39, 0.29) is 5.82 Å². The minimum Gasteiger partial charge on any atom is -0.353 e. The zero-order valence-corrected chi connectivity index (χ0v) is 25.4. The van der Waals surface area contributed by atoms with Crippen LogP contribution in [0.1, 0.15) is 18.1 Å². The maximum absolute atomic E-state index is 14.7. The molecule has 0 atom stereocenters. The quantitative estimate of drug-likeness (QED) is 0.120. The molecule has 0 bridgehead atoms. The molecule has 5 rings (SSSR count). The van der Waals surface area contributed by atoms with E-state index < -0.39 is 9.39 Å². The summed E-state index contributed by atoms with van der Waals surface area (Å²) in [5.41, 5.74) is 9.07. The first-order chi connectivity index (χ1) is 20.0. The summed E-state index contributed by atoms with van der Waals surface area (Å²) < 4.78 is 18.1. The maximum Gasteiger partial charge on any atom is 0.181 e. The average molecular weight is 581 g/mol. The normalized spacial score (nSPS) is 13.0. The van der Waals surface area contributed by atoms with Crippen molar-refractivity contribution in [1.82, 2.24) is 29.8 Å². The van der Waals surface area contributed by atoms with Crippen molar-refractivity contribution in [2.75, 3.05) is 26.9 Å². The Hall–Kier alpha value is -4.24. The van der Waals surface area contributed by atoms with Crippen molar-refractivity contribution in [3.05, 3.63) is 102 Å². The van der Waals surface area contributed by atoms with Crippen LogP contribution in [0.15, 0.2) is 85.1 Å². The Morgan fingerprint density at radius 1 is 1.12 bits per heavy atom. The molecule has 3 N–H and O–H groups in total. The van der Waals surface area contributed by atoms with Gasteiger partial charge in [0.2, 0.25) is 0 Å². The van der Waals surface area contributed by atoms with Gasteiger partial charge >= 0.3 is 0 Å². The summed E-state index contributed by atoms with van der Waals surface area (Å²) in [4.78, 5) is 10.3. The van der Waals surface area contributed by atoms with Crippen molar-refractivity contribution in [2.24, 2.45) is 0 Å². The van der Waals surface area contributed by atoms with E-state index >= 15 is 0 Å². The molecule has 0 aliphatic carbocycles. The van der Waals surface area contributed by atoms with Crippen LogP contribution in [0.5, 0.6) is 0 Å². The molecular weight excluding hydrogens is 543 g/mol. The zero-order valence-electron chi connectivity index (χ0n) is 24.6. The molecule has 8 heteroatoms. The summed E-state index contributed by atoms with van der Waals surface area (Å²) in [5, 5.41) is 9.56. The molecule has 0 aliphatic heterocycles. The SMILES string of the molecule is C=C/C(=C\C(=C/C)c1cnc2n[nH]c(-c3cc4c(-c5cc(F)cc(CNS(=C)(=C)C)c5)cccc4[nH]3)c2c1)CN(C)C. The van der Waals surface area contributed by atoms with Crippen molar-refractivity contribution in [3.63, 3.8) is 0 Å². The van der Waals surface area contributed by atoms with E-state index in [1.165, 1.54) is 0 Å². The molecule has 0 radical (unpaired) electrons. The molecule has 0 aliphatic rings. The van der Waals surface area contributed by atoms with Gasteiger partial charge in [-0.15, -0.1) is 0 Å². The van der Waals surface area contributed by atoms with Gasteiger partial charge in [0.15, 0.2) is 5.65 Å². The second kappa shape index (κ2) is 11.9. The van der Waals surface area contributed by atoms with Crippen LogP contribution in [0, 0.1) is 5.82 Å². The molecule has 2 aromatic carbocycles. The summed E-state index contributed by atoms with van der Waals surface area (Å²) in [6.07, 6.45) is 9.92. The number of nitrogens with zero attached hydrogens (tertiary/aromatic N) is 3. The van der Waals surface area contributed by atoms with Crippen LogP contribution in [0.25, 0.3) is 50.0 Å². The molecule has 3 aromatic heterocycles. The van der Waals surface area contributed by atoms with Crippen molar-refractivity contribution >= 4 is 48.6 Å². The van der Waals surface area contributed by atoms with E-state index in [1.807, 2.05) is 63.8 Å². The van der Waals surface area contributed by atoms with Crippen LogP contribution >= 0.6 is 9.39 Å². The predicted octanol–water partition coefficient (Wildman–Crippen LogP) is 7.29. The van der Waals surface area contributed by atoms with Gasteiger partial charge < -0.3 is 9.88 Å². The summed E-state index contributed by atoms with van der Waals surface area (Å²) >= 11 is 0. The number of likely N-dealkylation sites (N-methyl/N-ethyl adjacent to an activating group) is 1. The minimum atomic E-state index is -1.41. The summed E-state index contributed by atoms with van der Waals surface area (Å²) in [6, 6.07) is 15.4. The predicted molar refractivity (Wildman–Crippen MR) is 182 cm³/mol. The monoisotopic (exact) mass is 580 g/mol. The van der Waals surface area contributed by atoms with Crippen LogP contribution in [0.3, 0.4) is 0 Å². The van der Waals surface area contributed by atoms with Gasteiger partial charge in [-0.05, 0) is 91.5 Å². The van der Waals surface area contributed by atoms with E-state index in [9.17, 15) is 4.39 Å². The number of pyridine rings is 1. The molecule has 0 fully saturated rings. The molecule has 6 nitrogen and oxygen atoms in total. The van der Waals surface area contributed by atoms with Gasteiger partial charge in [-0.1, -0.05) is 48.7 Å². The number of aromatic amines is 2. The second-order valence-corrected chi connectivity index (χ2v) is 13.8. The lowest BCUT2D eigenvalue weighted by Gasteiger charge is -2.12.